The average molecular weight is 413 g/mol. The van der Waals surface area contributed by atoms with Gasteiger partial charge in [-0.15, -0.1) is 24.0 Å². The van der Waals surface area contributed by atoms with Crippen LogP contribution >= 0.6 is 35.7 Å². The Kier molecular flexibility index (Phi) is 12.2. The van der Waals surface area contributed by atoms with Gasteiger partial charge in [0.25, 0.3) is 0 Å². The molecular weight excluding hydrogens is 381 g/mol. The van der Waals surface area contributed by atoms with Crippen LogP contribution < -0.4 is 10.6 Å². The Hall–Kier alpha value is 0.350. The van der Waals surface area contributed by atoms with E-state index in [-0.39, 0.29) is 24.0 Å². The van der Waals surface area contributed by atoms with E-state index in [1.54, 1.807) is 0 Å². The normalized spacial score (nSPS) is 17.1. The molecule has 1 rings (SSSR count). The van der Waals surface area contributed by atoms with Crippen molar-refractivity contribution in [3.05, 3.63) is 0 Å². The Morgan fingerprint density at radius 1 is 1.20 bits per heavy atom. The van der Waals surface area contributed by atoms with Gasteiger partial charge in [-0.25, -0.2) is 0 Å². The van der Waals surface area contributed by atoms with Crippen LogP contribution in [0.15, 0.2) is 4.99 Å². The second-order valence-electron chi connectivity index (χ2n) is 5.53. The van der Waals surface area contributed by atoms with Gasteiger partial charge in [-0.2, -0.15) is 11.8 Å². The second-order valence-corrected chi connectivity index (χ2v) is 6.51. The SMILES string of the molecule is CCNC(=NCC1(CC)CCC1)NCCCCSC.I. The van der Waals surface area contributed by atoms with Crippen molar-refractivity contribution in [2.45, 2.75) is 52.4 Å². The first kappa shape index (κ1) is 20.3. The summed E-state index contributed by atoms with van der Waals surface area (Å²) in [5.74, 6) is 2.26. The number of nitrogens with zero attached hydrogens (tertiary/aromatic N) is 1. The molecule has 0 aromatic heterocycles. The van der Waals surface area contributed by atoms with Crippen molar-refractivity contribution in [1.82, 2.24) is 10.6 Å². The highest BCUT2D eigenvalue weighted by molar-refractivity contribution is 14.0. The van der Waals surface area contributed by atoms with Crippen molar-refractivity contribution in [2.75, 3.05) is 31.6 Å². The largest absolute Gasteiger partial charge is 0.357 e. The second kappa shape index (κ2) is 12.0. The van der Waals surface area contributed by atoms with E-state index in [0.717, 1.165) is 25.6 Å². The number of hydrogen-bond acceptors (Lipinski definition) is 2. The summed E-state index contributed by atoms with van der Waals surface area (Å²) in [4.78, 5) is 4.79. The molecule has 20 heavy (non-hydrogen) atoms. The molecule has 0 heterocycles. The molecule has 0 radical (unpaired) electrons. The highest BCUT2D eigenvalue weighted by Gasteiger charge is 2.34. The molecule has 0 bridgehead atoms. The van der Waals surface area contributed by atoms with Crippen molar-refractivity contribution in [3.8, 4) is 0 Å². The summed E-state index contributed by atoms with van der Waals surface area (Å²) in [5.41, 5.74) is 0.515. The van der Waals surface area contributed by atoms with Gasteiger partial charge in [0.05, 0.1) is 0 Å². The van der Waals surface area contributed by atoms with Crippen molar-refractivity contribution < 1.29 is 0 Å². The highest BCUT2D eigenvalue weighted by atomic mass is 127. The molecule has 0 amide bonds. The smallest absolute Gasteiger partial charge is 0.191 e. The molecule has 1 fully saturated rings. The number of guanidine groups is 1. The van der Waals surface area contributed by atoms with Crippen LogP contribution in [-0.2, 0) is 0 Å². The Balaban J connectivity index is 0.00000361. The molecule has 1 aliphatic carbocycles. The number of nitrogens with one attached hydrogen (secondary N) is 2. The third-order valence-corrected chi connectivity index (χ3v) is 4.85. The average Bonchev–Trinajstić information content (AvgIpc) is 2.37. The zero-order valence-corrected chi connectivity index (χ0v) is 16.5. The number of hydrogen-bond donors (Lipinski definition) is 2. The molecule has 120 valence electrons. The van der Waals surface area contributed by atoms with Gasteiger partial charge in [0.15, 0.2) is 5.96 Å². The number of rotatable bonds is 9. The molecule has 3 nitrogen and oxygen atoms in total. The fourth-order valence-corrected chi connectivity index (χ4v) is 2.96. The van der Waals surface area contributed by atoms with E-state index >= 15 is 0 Å². The van der Waals surface area contributed by atoms with Gasteiger partial charge in [0, 0.05) is 19.6 Å². The maximum Gasteiger partial charge on any atom is 0.191 e. The van der Waals surface area contributed by atoms with Gasteiger partial charge in [-0.3, -0.25) is 4.99 Å². The van der Waals surface area contributed by atoms with Crippen LogP contribution in [0.4, 0.5) is 0 Å². The van der Waals surface area contributed by atoms with Crippen LogP contribution in [0.5, 0.6) is 0 Å². The number of unbranched alkanes of at least 4 members (excludes halogenated alkanes) is 1. The predicted molar refractivity (Wildman–Crippen MR) is 104 cm³/mol. The quantitative estimate of drug-likeness (QED) is 0.261. The van der Waals surface area contributed by atoms with Crippen LogP contribution in [0.2, 0.25) is 0 Å². The molecule has 0 spiro atoms. The molecule has 2 N–H and O–H groups in total. The van der Waals surface area contributed by atoms with Gasteiger partial charge in [-0.1, -0.05) is 13.3 Å². The van der Waals surface area contributed by atoms with E-state index in [2.05, 4.69) is 30.7 Å². The first-order chi connectivity index (χ1) is 9.26. The van der Waals surface area contributed by atoms with Gasteiger partial charge < -0.3 is 10.6 Å². The first-order valence-corrected chi connectivity index (χ1v) is 9.17. The Labute approximate surface area is 146 Å². The van der Waals surface area contributed by atoms with Gasteiger partial charge in [0.1, 0.15) is 0 Å². The topological polar surface area (TPSA) is 36.4 Å². The zero-order chi connectivity index (χ0) is 14.0. The maximum atomic E-state index is 4.79. The minimum Gasteiger partial charge on any atom is -0.357 e. The van der Waals surface area contributed by atoms with Crippen molar-refractivity contribution in [2.24, 2.45) is 10.4 Å². The van der Waals surface area contributed by atoms with E-state index in [0.29, 0.717) is 5.41 Å². The highest BCUT2D eigenvalue weighted by Crippen LogP contribution is 2.43. The molecular formula is C15H32IN3S. The Morgan fingerprint density at radius 2 is 1.95 bits per heavy atom. The monoisotopic (exact) mass is 413 g/mol. The van der Waals surface area contributed by atoms with Gasteiger partial charge in [0.2, 0.25) is 0 Å². The number of aliphatic imine (C=N–C) groups is 1. The van der Waals surface area contributed by atoms with E-state index in [1.807, 2.05) is 11.8 Å². The van der Waals surface area contributed by atoms with Crippen LogP contribution in [-0.4, -0.2) is 37.6 Å². The van der Waals surface area contributed by atoms with Crippen LogP contribution in [0.1, 0.15) is 52.4 Å². The predicted octanol–water partition coefficient (Wildman–Crippen LogP) is 3.88. The van der Waals surface area contributed by atoms with E-state index in [9.17, 15) is 0 Å². The maximum absolute atomic E-state index is 4.79. The first-order valence-electron chi connectivity index (χ1n) is 7.77. The molecule has 0 atom stereocenters. The molecule has 0 aliphatic heterocycles. The van der Waals surface area contributed by atoms with Crippen molar-refractivity contribution in [3.63, 3.8) is 0 Å². The zero-order valence-electron chi connectivity index (χ0n) is 13.3. The summed E-state index contributed by atoms with van der Waals surface area (Å²) in [7, 11) is 0. The lowest BCUT2D eigenvalue weighted by molar-refractivity contribution is 0.139. The summed E-state index contributed by atoms with van der Waals surface area (Å²) >= 11 is 1.92. The van der Waals surface area contributed by atoms with Crippen molar-refractivity contribution >= 4 is 41.7 Å². The molecule has 1 saturated carbocycles. The summed E-state index contributed by atoms with van der Waals surface area (Å²) in [5, 5.41) is 6.81. The molecule has 5 heteroatoms. The van der Waals surface area contributed by atoms with E-state index < -0.39 is 0 Å². The summed E-state index contributed by atoms with van der Waals surface area (Å²) in [6.07, 6.45) is 10.1. The third kappa shape index (κ3) is 7.38. The fraction of sp³-hybridized carbons (Fsp3) is 0.933. The lowest BCUT2D eigenvalue weighted by Crippen LogP contribution is -2.40. The Bertz CT molecular complexity index is 262. The number of thioether (sulfide) groups is 1. The van der Waals surface area contributed by atoms with Gasteiger partial charge >= 0.3 is 0 Å². The lowest BCUT2D eigenvalue weighted by Gasteiger charge is -2.40. The van der Waals surface area contributed by atoms with Crippen LogP contribution in [0.3, 0.4) is 0 Å². The summed E-state index contributed by atoms with van der Waals surface area (Å²) < 4.78 is 0. The minimum absolute atomic E-state index is 0. The van der Waals surface area contributed by atoms with E-state index in [1.165, 1.54) is 44.3 Å². The fourth-order valence-electron chi connectivity index (χ4n) is 2.47. The van der Waals surface area contributed by atoms with Crippen molar-refractivity contribution in [1.29, 1.82) is 0 Å². The molecule has 0 unspecified atom stereocenters. The number of halogens is 1. The summed E-state index contributed by atoms with van der Waals surface area (Å²) in [6, 6.07) is 0. The minimum atomic E-state index is 0. The van der Waals surface area contributed by atoms with Crippen LogP contribution in [0.25, 0.3) is 0 Å². The lowest BCUT2D eigenvalue weighted by atomic mass is 9.67. The molecule has 0 saturated heterocycles. The Morgan fingerprint density at radius 3 is 2.45 bits per heavy atom. The van der Waals surface area contributed by atoms with Gasteiger partial charge in [-0.05, 0) is 56.5 Å². The third-order valence-electron chi connectivity index (χ3n) is 4.15. The standard InChI is InChI=1S/C15H31N3S.HI/c1-4-15(9-8-10-15)13-18-14(16-5-2)17-11-6-7-12-19-3;/h4-13H2,1-3H3,(H2,16,17,18);1H. The molecule has 0 aromatic carbocycles. The summed E-state index contributed by atoms with van der Waals surface area (Å²) in [6.45, 7) is 7.40. The van der Waals surface area contributed by atoms with Crippen LogP contribution in [0, 0.1) is 5.41 Å². The molecule has 1 aliphatic rings. The van der Waals surface area contributed by atoms with E-state index in [4.69, 9.17) is 4.99 Å². The molecule has 0 aromatic rings.